The zero-order valence-electron chi connectivity index (χ0n) is 13.4. The minimum Gasteiger partial charge on any atom is -0.369 e. The highest BCUT2D eigenvalue weighted by atomic mass is 32.2. The standard InChI is InChI=1S/C16H18N4O3S/c1-11-9-12(10-17)3-4-14(11)24(21,22)19-13-5-8-23-15(13)16-18-6-7-20(16)2/h3-4,6-7,9,13,15,19H,5,8H2,1-2H3/t13-,15-/m0/s1. The topological polar surface area (TPSA) is 97.0 Å². The Hall–Kier alpha value is -2.21. The van der Waals surface area contributed by atoms with Crippen LogP contribution in [0.5, 0.6) is 0 Å². The van der Waals surface area contributed by atoms with Gasteiger partial charge >= 0.3 is 0 Å². The smallest absolute Gasteiger partial charge is 0.241 e. The molecule has 0 aliphatic carbocycles. The molecule has 1 saturated heterocycles. The molecule has 7 nitrogen and oxygen atoms in total. The van der Waals surface area contributed by atoms with Crippen molar-refractivity contribution in [1.29, 1.82) is 5.26 Å². The van der Waals surface area contributed by atoms with Gasteiger partial charge in [0.15, 0.2) is 0 Å². The first-order chi connectivity index (χ1) is 11.4. The average molecular weight is 346 g/mol. The summed E-state index contributed by atoms with van der Waals surface area (Å²) in [6.45, 7) is 2.15. The molecule has 1 aromatic carbocycles. The quantitative estimate of drug-likeness (QED) is 0.903. The second kappa shape index (κ2) is 6.36. The highest BCUT2D eigenvalue weighted by molar-refractivity contribution is 7.89. The second-order valence-corrected chi connectivity index (χ2v) is 7.48. The Bertz CT molecular complexity index is 898. The fraction of sp³-hybridized carbons (Fsp3) is 0.375. The molecule has 0 amide bonds. The number of nitrogens with zero attached hydrogens (tertiary/aromatic N) is 3. The summed E-state index contributed by atoms with van der Waals surface area (Å²) in [5.41, 5.74) is 0.968. The minimum atomic E-state index is -3.71. The zero-order chi connectivity index (χ0) is 17.3. The van der Waals surface area contributed by atoms with Gasteiger partial charge in [0.05, 0.1) is 22.6 Å². The molecule has 8 heteroatoms. The predicted molar refractivity (Wildman–Crippen MR) is 86.5 cm³/mol. The number of hydrogen-bond acceptors (Lipinski definition) is 5. The van der Waals surface area contributed by atoms with E-state index in [-0.39, 0.29) is 10.9 Å². The lowest BCUT2D eigenvalue weighted by molar-refractivity contribution is 0.0932. The maximum absolute atomic E-state index is 12.7. The number of rotatable bonds is 4. The van der Waals surface area contributed by atoms with Gasteiger partial charge < -0.3 is 9.30 Å². The molecule has 2 atom stereocenters. The molecule has 0 unspecified atom stereocenters. The molecule has 2 aromatic rings. The van der Waals surface area contributed by atoms with Crippen LogP contribution in [0.4, 0.5) is 0 Å². The number of nitrogens with one attached hydrogen (secondary N) is 1. The molecule has 1 aromatic heterocycles. The summed E-state index contributed by atoms with van der Waals surface area (Å²) >= 11 is 0. The number of aryl methyl sites for hydroxylation is 2. The van der Waals surface area contributed by atoms with Gasteiger partial charge in [0.2, 0.25) is 10.0 Å². The normalized spacial score (nSPS) is 20.9. The summed E-state index contributed by atoms with van der Waals surface area (Å²) in [4.78, 5) is 4.43. The van der Waals surface area contributed by atoms with Gasteiger partial charge in [-0.15, -0.1) is 0 Å². The van der Waals surface area contributed by atoms with E-state index in [9.17, 15) is 8.42 Å². The molecule has 1 fully saturated rings. The van der Waals surface area contributed by atoms with Crippen LogP contribution in [-0.2, 0) is 21.8 Å². The number of benzene rings is 1. The molecule has 0 bridgehead atoms. The molecule has 0 saturated carbocycles. The van der Waals surface area contributed by atoms with Gasteiger partial charge in [0, 0.05) is 26.0 Å². The molecule has 2 heterocycles. The van der Waals surface area contributed by atoms with E-state index in [1.807, 2.05) is 17.7 Å². The van der Waals surface area contributed by atoms with Crippen LogP contribution >= 0.6 is 0 Å². The Morgan fingerprint density at radius 3 is 2.88 bits per heavy atom. The van der Waals surface area contributed by atoms with Crippen molar-refractivity contribution in [3.8, 4) is 6.07 Å². The lowest BCUT2D eigenvalue weighted by atomic mass is 10.1. The van der Waals surface area contributed by atoms with E-state index < -0.39 is 16.1 Å². The van der Waals surface area contributed by atoms with Gasteiger partial charge in [-0.1, -0.05) is 0 Å². The Morgan fingerprint density at radius 2 is 2.25 bits per heavy atom. The Balaban J connectivity index is 1.87. The molecular formula is C16H18N4O3S. The van der Waals surface area contributed by atoms with E-state index in [1.54, 1.807) is 25.4 Å². The number of ether oxygens (including phenoxy) is 1. The monoisotopic (exact) mass is 346 g/mol. The number of hydrogen-bond donors (Lipinski definition) is 1. The maximum Gasteiger partial charge on any atom is 0.241 e. The van der Waals surface area contributed by atoms with Crippen LogP contribution in [-0.4, -0.2) is 30.6 Å². The molecule has 1 aliphatic rings. The molecule has 24 heavy (non-hydrogen) atoms. The van der Waals surface area contributed by atoms with E-state index in [4.69, 9.17) is 10.00 Å². The molecular weight excluding hydrogens is 328 g/mol. The van der Waals surface area contributed by atoms with Crippen molar-refractivity contribution in [2.24, 2.45) is 7.05 Å². The van der Waals surface area contributed by atoms with Crippen molar-refractivity contribution in [2.75, 3.05) is 6.61 Å². The minimum absolute atomic E-state index is 0.173. The first-order valence-electron chi connectivity index (χ1n) is 7.54. The van der Waals surface area contributed by atoms with Crippen LogP contribution in [0.1, 0.15) is 29.5 Å². The van der Waals surface area contributed by atoms with E-state index in [2.05, 4.69) is 9.71 Å². The summed E-state index contributed by atoms with van der Waals surface area (Å²) in [5, 5.41) is 8.91. The van der Waals surface area contributed by atoms with Gasteiger partial charge in [-0.2, -0.15) is 5.26 Å². The number of aromatic nitrogens is 2. The van der Waals surface area contributed by atoms with Crippen molar-refractivity contribution in [3.63, 3.8) is 0 Å². The summed E-state index contributed by atoms with van der Waals surface area (Å²) in [7, 11) is -1.87. The van der Waals surface area contributed by atoms with E-state index >= 15 is 0 Å². The summed E-state index contributed by atoms with van der Waals surface area (Å²) in [5.74, 6) is 0.691. The Kier molecular flexibility index (Phi) is 4.41. The van der Waals surface area contributed by atoms with Crippen LogP contribution < -0.4 is 4.72 Å². The fourth-order valence-electron chi connectivity index (χ4n) is 2.90. The highest BCUT2D eigenvalue weighted by Crippen LogP contribution is 2.29. The van der Waals surface area contributed by atoms with Crippen LogP contribution in [0.3, 0.4) is 0 Å². The van der Waals surface area contributed by atoms with Crippen molar-refractivity contribution in [2.45, 2.75) is 30.4 Å². The van der Waals surface area contributed by atoms with Crippen LogP contribution in [0.15, 0.2) is 35.5 Å². The molecule has 1 N–H and O–H groups in total. The first-order valence-corrected chi connectivity index (χ1v) is 9.02. The number of imidazole rings is 1. The average Bonchev–Trinajstić information content (AvgIpc) is 3.14. The van der Waals surface area contributed by atoms with Gasteiger partial charge in [-0.25, -0.2) is 18.1 Å². The Morgan fingerprint density at radius 1 is 1.46 bits per heavy atom. The lowest BCUT2D eigenvalue weighted by Crippen LogP contribution is -2.37. The molecule has 1 aliphatic heterocycles. The number of nitriles is 1. The van der Waals surface area contributed by atoms with Crippen molar-refractivity contribution >= 4 is 10.0 Å². The van der Waals surface area contributed by atoms with Gasteiger partial charge in [-0.05, 0) is 37.1 Å². The van der Waals surface area contributed by atoms with Crippen LogP contribution in [0.25, 0.3) is 0 Å². The fourth-order valence-corrected chi connectivity index (χ4v) is 4.40. The van der Waals surface area contributed by atoms with Crippen molar-refractivity contribution < 1.29 is 13.2 Å². The predicted octanol–water partition coefficient (Wildman–Crippen LogP) is 1.41. The first kappa shape index (κ1) is 16.6. The zero-order valence-corrected chi connectivity index (χ0v) is 14.2. The summed E-state index contributed by atoms with van der Waals surface area (Å²) in [6.07, 6.45) is 3.62. The number of sulfonamides is 1. The third kappa shape index (κ3) is 3.06. The largest absolute Gasteiger partial charge is 0.369 e. The van der Waals surface area contributed by atoms with Gasteiger partial charge in [-0.3, -0.25) is 0 Å². The van der Waals surface area contributed by atoms with Gasteiger partial charge in [0.25, 0.3) is 0 Å². The summed E-state index contributed by atoms with van der Waals surface area (Å²) in [6, 6.07) is 6.15. The van der Waals surface area contributed by atoms with E-state index in [1.165, 1.54) is 12.1 Å². The van der Waals surface area contributed by atoms with Crippen LogP contribution in [0, 0.1) is 18.3 Å². The lowest BCUT2D eigenvalue weighted by Gasteiger charge is -2.20. The van der Waals surface area contributed by atoms with Crippen LogP contribution in [0.2, 0.25) is 0 Å². The summed E-state index contributed by atoms with van der Waals surface area (Å²) < 4.78 is 35.7. The van der Waals surface area contributed by atoms with E-state index in [0.29, 0.717) is 30.0 Å². The molecule has 3 rings (SSSR count). The third-order valence-corrected chi connectivity index (χ3v) is 5.75. The van der Waals surface area contributed by atoms with Gasteiger partial charge in [0.1, 0.15) is 11.9 Å². The Labute approximate surface area is 140 Å². The molecule has 0 radical (unpaired) electrons. The SMILES string of the molecule is Cc1cc(C#N)ccc1S(=O)(=O)N[C@H]1CCO[C@@H]1c1nccn1C. The molecule has 0 spiro atoms. The highest BCUT2D eigenvalue weighted by Gasteiger charge is 2.35. The third-order valence-electron chi connectivity index (χ3n) is 4.10. The molecule has 126 valence electrons. The van der Waals surface area contributed by atoms with Crippen molar-refractivity contribution in [1.82, 2.24) is 14.3 Å². The van der Waals surface area contributed by atoms with E-state index in [0.717, 1.165) is 0 Å². The maximum atomic E-state index is 12.7. The van der Waals surface area contributed by atoms with Crippen molar-refractivity contribution in [3.05, 3.63) is 47.5 Å². The second-order valence-electron chi connectivity index (χ2n) is 5.80.